The van der Waals surface area contributed by atoms with Crippen LogP contribution in [0.3, 0.4) is 0 Å². The van der Waals surface area contributed by atoms with Gasteiger partial charge in [-0.1, -0.05) is 13.8 Å². The molecule has 1 unspecified atom stereocenters. The van der Waals surface area contributed by atoms with Gasteiger partial charge < -0.3 is 10.1 Å². The summed E-state index contributed by atoms with van der Waals surface area (Å²) in [6, 6.07) is 0. The minimum atomic E-state index is -0.218. The molecule has 0 aromatic carbocycles. The second kappa shape index (κ2) is 6.33. The van der Waals surface area contributed by atoms with Crippen molar-refractivity contribution >= 4 is 11.3 Å². The number of aromatic nitrogens is 1. The van der Waals surface area contributed by atoms with Crippen molar-refractivity contribution in [3.05, 3.63) is 16.1 Å². The molecule has 92 valence electrons. The van der Waals surface area contributed by atoms with Crippen LogP contribution in [0.5, 0.6) is 0 Å². The molecule has 0 amide bonds. The maximum absolute atomic E-state index is 5.81. The Morgan fingerprint density at radius 1 is 1.44 bits per heavy atom. The summed E-state index contributed by atoms with van der Waals surface area (Å²) >= 11 is 1.70. The van der Waals surface area contributed by atoms with Crippen LogP contribution in [-0.2, 0) is 16.9 Å². The van der Waals surface area contributed by atoms with E-state index in [1.165, 1.54) is 0 Å². The Morgan fingerprint density at radius 3 is 2.75 bits per heavy atom. The monoisotopic (exact) mass is 242 g/mol. The minimum Gasteiger partial charge on any atom is -0.368 e. The molecule has 1 rings (SSSR count). The molecule has 16 heavy (non-hydrogen) atoms. The van der Waals surface area contributed by atoms with E-state index in [9.17, 15) is 0 Å². The van der Waals surface area contributed by atoms with Gasteiger partial charge in [-0.2, -0.15) is 0 Å². The predicted molar refractivity (Wildman–Crippen MR) is 68.8 cm³/mol. The maximum Gasteiger partial charge on any atom is 0.125 e. The zero-order valence-electron chi connectivity index (χ0n) is 10.7. The highest BCUT2D eigenvalue weighted by Crippen LogP contribution is 2.31. The fourth-order valence-corrected chi connectivity index (χ4v) is 2.52. The molecule has 0 saturated carbocycles. The van der Waals surface area contributed by atoms with Crippen LogP contribution >= 0.6 is 11.3 Å². The Morgan fingerprint density at radius 2 is 2.19 bits per heavy atom. The fraction of sp³-hybridized carbons (Fsp3) is 0.750. The van der Waals surface area contributed by atoms with Gasteiger partial charge in [-0.15, -0.1) is 11.3 Å². The lowest BCUT2D eigenvalue weighted by molar-refractivity contribution is -0.0325. The summed E-state index contributed by atoms with van der Waals surface area (Å²) in [6.07, 6.45) is 0.953. The molecule has 3 nitrogen and oxygen atoms in total. The standard InChI is InChI=1S/C12H22N2OS/c1-5-12(4,15-7-3)11-14-10(9-16-11)8-13-6-2/h9,13H,5-8H2,1-4H3. The van der Waals surface area contributed by atoms with Gasteiger partial charge in [0.05, 0.1) is 5.69 Å². The van der Waals surface area contributed by atoms with Gasteiger partial charge in [0.25, 0.3) is 0 Å². The summed E-state index contributed by atoms with van der Waals surface area (Å²) in [7, 11) is 0. The van der Waals surface area contributed by atoms with Gasteiger partial charge in [0.1, 0.15) is 10.6 Å². The van der Waals surface area contributed by atoms with E-state index in [4.69, 9.17) is 4.74 Å². The average molecular weight is 242 g/mol. The predicted octanol–water partition coefficient (Wildman–Crippen LogP) is 2.91. The summed E-state index contributed by atoms with van der Waals surface area (Å²) < 4.78 is 5.81. The highest BCUT2D eigenvalue weighted by atomic mass is 32.1. The van der Waals surface area contributed by atoms with Crippen molar-refractivity contribution in [3.63, 3.8) is 0 Å². The topological polar surface area (TPSA) is 34.1 Å². The molecular weight excluding hydrogens is 220 g/mol. The van der Waals surface area contributed by atoms with E-state index in [0.29, 0.717) is 0 Å². The van der Waals surface area contributed by atoms with Crippen LogP contribution in [0.25, 0.3) is 0 Å². The highest BCUT2D eigenvalue weighted by molar-refractivity contribution is 7.09. The van der Waals surface area contributed by atoms with Gasteiger partial charge in [0.2, 0.25) is 0 Å². The number of rotatable bonds is 7. The molecule has 0 aliphatic heterocycles. The summed E-state index contributed by atoms with van der Waals surface area (Å²) in [4.78, 5) is 4.64. The normalized spacial score (nSPS) is 15.0. The number of ether oxygens (including phenoxy) is 1. The molecule has 1 atom stereocenters. The molecule has 4 heteroatoms. The zero-order valence-corrected chi connectivity index (χ0v) is 11.5. The van der Waals surface area contributed by atoms with Crippen molar-refractivity contribution in [1.29, 1.82) is 0 Å². The minimum absolute atomic E-state index is 0.218. The van der Waals surface area contributed by atoms with Crippen molar-refractivity contribution in [2.24, 2.45) is 0 Å². The van der Waals surface area contributed by atoms with Crippen molar-refractivity contribution in [2.45, 2.75) is 46.3 Å². The van der Waals surface area contributed by atoms with Crippen molar-refractivity contribution in [1.82, 2.24) is 10.3 Å². The van der Waals surface area contributed by atoms with Crippen LogP contribution in [0, 0.1) is 0 Å². The van der Waals surface area contributed by atoms with Crippen molar-refractivity contribution < 1.29 is 4.74 Å². The first kappa shape index (κ1) is 13.6. The maximum atomic E-state index is 5.81. The third-order valence-electron chi connectivity index (χ3n) is 2.70. The molecule has 0 aliphatic rings. The lowest BCUT2D eigenvalue weighted by Crippen LogP contribution is -2.25. The Bertz CT molecular complexity index is 314. The van der Waals surface area contributed by atoms with E-state index in [1.54, 1.807) is 11.3 Å². The molecule has 0 saturated heterocycles. The van der Waals surface area contributed by atoms with Crippen molar-refractivity contribution in [3.8, 4) is 0 Å². The molecule has 0 spiro atoms. The van der Waals surface area contributed by atoms with E-state index < -0.39 is 0 Å². The number of nitrogens with one attached hydrogen (secondary N) is 1. The quantitative estimate of drug-likeness (QED) is 0.798. The molecule has 0 radical (unpaired) electrons. The number of thiazole rings is 1. The highest BCUT2D eigenvalue weighted by Gasteiger charge is 2.28. The first-order valence-electron chi connectivity index (χ1n) is 5.95. The van der Waals surface area contributed by atoms with Crippen LogP contribution in [0.15, 0.2) is 5.38 Å². The molecule has 0 aliphatic carbocycles. The number of hydrogen-bond acceptors (Lipinski definition) is 4. The average Bonchev–Trinajstić information content (AvgIpc) is 2.75. The lowest BCUT2D eigenvalue weighted by atomic mass is 10.0. The molecular formula is C12H22N2OS. The molecule has 1 aromatic heterocycles. The Balaban J connectivity index is 2.74. The van der Waals surface area contributed by atoms with Crippen molar-refractivity contribution in [2.75, 3.05) is 13.2 Å². The van der Waals surface area contributed by atoms with Gasteiger partial charge in [-0.25, -0.2) is 4.98 Å². The Kier molecular flexibility index (Phi) is 5.38. The van der Waals surface area contributed by atoms with Crippen LogP contribution in [0.2, 0.25) is 0 Å². The summed E-state index contributed by atoms with van der Waals surface area (Å²) in [6.45, 7) is 10.9. The lowest BCUT2D eigenvalue weighted by Gasteiger charge is -2.25. The van der Waals surface area contributed by atoms with Gasteiger partial charge >= 0.3 is 0 Å². The third-order valence-corrected chi connectivity index (χ3v) is 3.83. The summed E-state index contributed by atoms with van der Waals surface area (Å²) in [5.74, 6) is 0. The van der Waals surface area contributed by atoms with Gasteiger partial charge in [-0.3, -0.25) is 0 Å². The third kappa shape index (κ3) is 3.27. The Hall–Kier alpha value is -0.450. The largest absolute Gasteiger partial charge is 0.368 e. The van der Waals surface area contributed by atoms with Crippen LogP contribution in [-0.4, -0.2) is 18.1 Å². The fourth-order valence-electron chi connectivity index (χ4n) is 1.52. The van der Waals surface area contributed by atoms with E-state index in [-0.39, 0.29) is 5.60 Å². The number of hydrogen-bond donors (Lipinski definition) is 1. The zero-order chi connectivity index (χ0) is 12.0. The van der Waals surface area contributed by atoms with E-state index in [2.05, 4.69) is 36.5 Å². The molecule has 1 aromatic rings. The second-order valence-corrected chi connectivity index (χ2v) is 4.80. The van der Waals surface area contributed by atoms with Gasteiger partial charge in [0, 0.05) is 18.5 Å². The van der Waals surface area contributed by atoms with Gasteiger partial charge in [-0.05, 0) is 26.8 Å². The van der Waals surface area contributed by atoms with E-state index in [1.807, 2.05) is 6.92 Å². The SMILES string of the molecule is CCNCc1csc(C(C)(CC)OCC)n1. The first-order valence-corrected chi connectivity index (χ1v) is 6.83. The molecule has 0 bridgehead atoms. The molecule has 1 heterocycles. The van der Waals surface area contributed by atoms with Crippen LogP contribution in [0.1, 0.15) is 44.8 Å². The van der Waals surface area contributed by atoms with E-state index in [0.717, 1.165) is 36.8 Å². The smallest absolute Gasteiger partial charge is 0.125 e. The molecule has 1 N–H and O–H groups in total. The van der Waals surface area contributed by atoms with E-state index >= 15 is 0 Å². The number of nitrogens with zero attached hydrogens (tertiary/aromatic N) is 1. The first-order chi connectivity index (χ1) is 7.66. The summed E-state index contributed by atoms with van der Waals surface area (Å²) in [5.41, 5.74) is 0.894. The van der Waals surface area contributed by atoms with Crippen LogP contribution < -0.4 is 5.32 Å². The Labute approximate surface area is 102 Å². The van der Waals surface area contributed by atoms with Crippen LogP contribution in [0.4, 0.5) is 0 Å². The second-order valence-electron chi connectivity index (χ2n) is 3.94. The summed E-state index contributed by atoms with van der Waals surface area (Å²) in [5, 5.41) is 6.49. The molecule has 0 fully saturated rings. The van der Waals surface area contributed by atoms with Gasteiger partial charge in [0.15, 0.2) is 0 Å².